The number of hydrogen-bond donors (Lipinski definition) is 3. The summed E-state index contributed by atoms with van der Waals surface area (Å²) in [5.74, 6) is -1.00. The van der Waals surface area contributed by atoms with E-state index in [1.807, 2.05) is 20.8 Å². The topological polar surface area (TPSA) is 61.4 Å². The van der Waals surface area contributed by atoms with Crippen LogP contribution in [0.1, 0.15) is 32.8 Å². The Bertz CT molecular complexity index is 442. The van der Waals surface area contributed by atoms with Crippen LogP contribution in [0.2, 0.25) is 0 Å². The van der Waals surface area contributed by atoms with Crippen molar-refractivity contribution in [2.45, 2.75) is 39.3 Å². The molecule has 19 heavy (non-hydrogen) atoms. The lowest BCUT2D eigenvalue weighted by Gasteiger charge is -2.20. The van der Waals surface area contributed by atoms with Crippen molar-refractivity contribution in [1.82, 2.24) is 10.6 Å². The van der Waals surface area contributed by atoms with Gasteiger partial charge in [0.15, 0.2) is 11.6 Å². The van der Waals surface area contributed by atoms with Gasteiger partial charge in [-0.1, -0.05) is 6.07 Å². The molecule has 0 saturated heterocycles. The smallest absolute Gasteiger partial charge is 0.221 e. The molecule has 0 aliphatic heterocycles. The summed E-state index contributed by atoms with van der Waals surface area (Å²) in [7, 11) is 0. The molecule has 1 aromatic rings. The van der Waals surface area contributed by atoms with Gasteiger partial charge in [-0.3, -0.25) is 4.79 Å². The Morgan fingerprint density at radius 3 is 2.63 bits per heavy atom. The van der Waals surface area contributed by atoms with Crippen LogP contribution in [0.25, 0.3) is 0 Å². The molecule has 0 unspecified atom stereocenters. The molecular weight excluding hydrogens is 247 g/mol. The van der Waals surface area contributed by atoms with Crippen LogP contribution in [-0.2, 0) is 11.3 Å². The normalized spacial score (nSPS) is 11.4. The Morgan fingerprint density at radius 1 is 1.37 bits per heavy atom. The van der Waals surface area contributed by atoms with E-state index in [0.29, 0.717) is 19.5 Å². The van der Waals surface area contributed by atoms with E-state index in [9.17, 15) is 9.18 Å². The van der Waals surface area contributed by atoms with Crippen LogP contribution in [0.3, 0.4) is 0 Å². The first kappa shape index (κ1) is 15.4. The predicted octanol–water partition coefficient (Wildman–Crippen LogP) is 1.93. The van der Waals surface area contributed by atoms with Crippen LogP contribution in [0.4, 0.5) is 4.39 Å². The highest BCUT2D eigenvalue weighted by atomic mass is 19.1. The fraction of sp³-hybridized carbons (Fsp3) is 0.500. The number of nitrogens with one attached hydrogen (secondary N) is 2. The minimum atomic E-state index is -0.634. The average molecular weight is 268 g/mol. The number of rotatable bonds is 5. The first-order chi connectivity index (χ1) is 8.78. The van der Waals surface area contributed by atoms with E-state index >= 15 is 0 Å². The van der Waals surface area contributed by atoms with E-state index in [1.165, 1.54) is 12.1 Å². The van der Waals surface area contributed by atoms with Gasteiger partial charge in [0.2, 0.25) is 5.91 Å². The van der Waals surface area contributed by atoms with E-state index in [1.54, 1.807) is 6.07 Å². The summed E-state index contributed by atoms with van der Waals surface area (Å²) in [6, 6.07) is 4.23. The first-order valence-corrected chi connectivity index (χ1v) is 6.27. The highest BCUT2D eigenvalue weighted by Gasteiger charge is 2.12. The van der Waals surface area contributed by atoms with Gasteiger partial charge >= 0.3 is 0 Å². The SMILES string of the molecule is CC(C)(C)NC(=O)CCNCc1ccc(O)c(F)c1. The number of phenols is 1. The van der Waals surface area contributed by atoms with Crippen molar-refractivity contribution in [3.8, 4) is 5.75 Å². The van der Waals surface area contributed by atoms with Gasteiger partial charge in [0.1, 0.15) is 0 Å². The van der Waals surface area contributed by atoms with E-state index in [0.717, 1.165) is 5.56 Å². The van der Waals surface area contributed by atoms with Gasteiger partial charge in [0.25, 0.3) is 0 Å². The van der Waals surface area contributed by atoms with Crippen LogP contribution in [0.5, 0.6) is 5.75 Å². The molecule has 3 N–H and O–H groups in total. The number of amides is 1. The lowest BCUT2D eigenvalue weighted by Crippen LogP contribution is -2.41. The van der Waals surface area contributed by atoms with Crippen molar-refractivity contribution < 1.29 is 14.3 Å². The Balaban J connectivity index is 2.27. The standard InChI is InChI=1S/C14H21FN2O2/c1-14(2,3)17-13(19)6-7-16-9-10-4-5-12(18)11(15)8-10/h4-5,8,16,18H,6-7,9H2,1-3H3,(H,17,19). The third-order valence-electron chi connectivity index (χ3n) is 2.38. The van der Waals surface area contributed by atoms with Gasteiger partial charge < -0.3 is 15.7 Å². The highest BCUT2D eigenvalue weighted by Crippen LogP contribution is 2.15. The van der Waals surface area contributed by atoms with Crippen LogP contribution in [0.15, 0.2) is 18.2 Å². The van der Waals surface area contributed by atoms with E-state index in [4.69, 9.17) is 5.11 Å². The second-order valence-corrected chi connectivity index (χ2v) is 5.51. The summed E-state index contributed by atoms with van der Waals surface area (Å²) in [5, 5.41) is 15.0. The van der Waals surface area contributed by atoms with Gasteiger partial charge in [0, 0.05) is 25.0 Å². The fourth-order valence-electron chi connectivity index (χ4n) is 1.58. The third-order valence-corrected chi connectivity index (χ3v) is 2.38. The molecule has 0 spiro atoms. The second kappa shape index (κ2) is 6.52. The monoisotopic (exact) mass is 268 g/mol. The lowest BCUT2D eigenvalue weighted by atomic mass is 10.1. The van der Waals surface area contributed by atoms with E-state index in [2.05, 4.69) is 10.6 Å². The molecule has 0 aromatic heterocycles. The van der Waals surface area contributed by atoms with Crippen molar-refractivity contribution >= 4 is 5.91 Å². The molecule has 0 heterocycles. The quantitative estimate of drug-likeness (QED) is 0.715. The van der Waals surface area contributed by atoms with Gasteiger partial charge in [-0.2, -0.15) is 0 Å². The zero-order valence-electron chi connectivity index (χ0n) is 11.6. The molecular formula is C14H21FN2O2. The van der Waals surface area contributed by atoms with Gasteiger partial charge in [-0.25, -0.2) is 4.39 Å². The van der Waals surface area contributed by atoms with Crippen LogP contribution in [0, 0.1) is 5.82 Å². The number of halogens is 1. The molecule has 1 aromatic carbocycles. The number of phenolic OH excluding ortho intramolecular Hbond substituents is 1. The van der Waals surface area contributed by atoms with Crippen molar-refractivity contribution in [1.29, 1.82) is 0 Å². The van der Waals surface area contributed by atoms with Crippen molar-refractivity contribution in [3.05, 3.63) is 29.6 Å². The minimum Gasteiger partial charge on any atom is -0.505 e. The number of hydrogen-bond acceptors (Lipinski definition) is 3. The molecule has 5 heteroatoms. The number of carbonyl (C=O) groups is 1. The molecule has 0 fully saturated rings. The molecule has 0 saturated carbocycles. The molecule has 0 atom stereocenters. The lowest BCUT2D eigenvalue weighted by molar-refractivity contribution is -0.122. The maximum absolute atomic E-state index is 13.1. The number of carbonyl (C=O) groups excluding carboxylic acids is 1. The Kier molecular flexibility index (Phi) is 5.30. The largest absolute Gasteiger partial charge is 0.505 e. The van der Waals surface area contributed by atoms with Crippen molar-refractivity contribution in [3.63, 3.8) is 0 Å². The minimum absolute atomic E-state index is 0.0168. The van der Waals surface area contributed by atoms with Crippen molar-refractivity contribution in [2.75, 3.05) is 6.54 Å². The van der Waals surface area contributed by atoms with E-state index < -0.39 is 5.82 Å². The Labute approximate surface area is 113 Å². The fourth-order valence-corrected chi connectivity index (χ4v) is 1.58. The summed E-state index contributed by atoms with van der Waals surface area (Å²) in [4.78, 5) is 11.5. The summed E-state index contributed by atoms with van der Waals surface area (Å²) in [6.07, 6.45) is 0.373. The third kappa shape index (κ3) is 6.20. The maximum atomic E-state index is 13.1. The van der Waals surface area contributed by atoms with Gasteiger partial charge in [0.05, 0.1) is 0 Å². The zero-order chi connectivity index (χ0) is 14.5. The van der Waals surface area contributed by atoms with Crippen LogP contribution in [-0.4, -0.2) is 23.1 Å². The molecule has 1 rings (SSSR count). The molecule has 0 aliphatic rings. The number of benzene rings is 1. The molecule has 106 valence electrons. The first-order valence-electron chi connectivity index (χ1n) is 6.27. The molecule has 0 bridgehead atoms. The molecule has 0 radical (unpaired) electrons. The number of aromatic hydroxyl groups is 1. The molecule has 4 nitrogen and oxygen atoms in total. The molecule has 1 amide bonds. The Hall–Kier alpha value is -1.62. The van der Waals surface area contributed by atoms with Gasteiger partial charge in [-0.15, -0.1) is 0 Å². The maximum Gasteiger partial charge on any atom is 0.221 e. The van der Waals surface area contributed by atoms with Crippen molar-refractivity contribution in [2.24, 2.45) is 0 Å². The van der Waals surface area contributed by atoms with E-state index in [-0.39, 0.29) is 17.2 Å². The summed E-state index contributed by atoms with van der Waals surface area (Å²) >= 11 is 0. The highest BCUT2D eigenvalue weighted by molar-refractivity contribution is 5.76. The zero-order valence-corrected chi connectivity index (χ0v) is 11.6. The summed E-state index contributed by atoms with van der Waals surface area (Å²) in [5.41, 5.74) is 0.503. The second-order valence-electron chi connectivity index (χ2n) is 5.51. The summed E-state index contributed by atoms with van der Waals surface area (Å²) in [6.45, 7) is 6.76. The van der Waals surface area contributed by atoms with Gasteiger partial charge in [-0.05, 0) is 38.5 Å². The van der Waals surface area contributed by atoms with Crippen LogP contribution >= 0.6 is 0 Å². The molecule has 0 aliphatic carbocycles. The predicted molar refractivity (Wildman–Crippen MR) is 72.3 cm³/mol. The summed E-state index contributed by atoms with van der Waals surface area (Å²) < 4.78 is 13.1. The van der Waals surface area contributed by atoms with Crippen LogP contribution < -0.4 is 10.6 Å². The average Bonchev–Trinajstić information content (AvgIpc) is 2.27. The Morgan fingerprint density at radius 2 is 2.05 bits per heavy atom.